The predicted octanol–water partition coefficient (Wildman–Crippen LogP) is 4.40. The van der Waals surface area contributed by atoms with Gasteiger partial charge in [-0.1, -0.05) is 12.1 Å². The number of rotatable bonds is 6. The molecule has 0 unspecified atom stereocenters. The van der Waals surface area contributed by atoms with Crippen LogP contribution in [0.4, 0.5) is 5.69 Å². The normalized spacial score (nSPS) is 10.5. The number of thioether (sulfide) groups is 1. The van der Waals surface area contributed by atoms with Crippen LogP contribution in [0.15, 0.2) is 52.9 Å². The molecule has 0 bridgehead atoms. The third kappa shape index (κ3) is 4.58. The van der Waals surface area contributed by atoms with Crippen molar-refractivity contribution >= 4 is 34.7 Å². The molecule has 128 valence electrons. The van der Waals surface area contributed by atoms with Crippen LogP contribution in [-0.4, -0.2) is 23.0 Å². The van der Waals surface area contributed by atoms with Crippen LogP contribution in [0.3, 0.4) is 0 Å². The van der Waals surface area contributed by atoms with E-state index in [0.717, 1.165) is 21.3 Å². The third-order valence-electron chi connectivity index (χ3n) is 3.38. The number of aromatic nitrogens is 2. The van der Waals surface area contributed by atoms with Gasteiger partial charge in [0.25, 0.3) is 5.91 Å². The van der Waals surface area contributed by atoms with E-state index in [1.165, 1.54) is 0 Å². The molecule has 0 aliphatic heterocycles. The summed E-state index contributed by atoms with van der Waals surface area (Å²) in [5.74, 6) is 1.08. The molecule has 0 spiro atoms. The van der Waals surface area contributed by atoms with Crippen LogP contribution in [0.2, 0.25) is 0 Å². The van der Waals surface area contributed by atoms with Crippen molar-refractivity contribution in [2.24, 2.45) is 0 Å². The molecule has 0 saturated heterocycles. The average molecular weight is 371 g/mol. The Labute approximate surface area is 154 Å². The van der Waals surface area contributed by atoms with Crippen LogP contribution in [-0.2, 0) is 5.75 Å². The molecule has 1 N–H and O–H groups in total. The molecular formula is C18H17N3O2S2. The fourth-order valence-electron chi connectivity index (χ4n) is 2.18. The molecule has 0 saturated carbocycles. The lowest BCUT2D eigenvalue weighted by Gasteiger charge is -2.09. The van der Waals surface area contributed by atoms with Gasteiger partial charge in [0.05, 0.1) is 35.3 Å². The van der Waals surface area contributed by atoms with Crippen LogP contribution in [0.25, 0.3) is 0 Å². The molecule has 2 heterocycles. The van der Waals surface area contributed by atoms with E-state index in [-0.39, 0.29) is 5.91 Å². The molecule has 1 aromatic carbocycles. The van der Waals surface area contributed by atoms with Gasteiger partial charge in [0.1, 0.15) is 0 Å². The van der Waals surface area contributed by atoms with Gasteiger partial charge in [-0.25, -0.2) is 9.97 Å². The summed E-state index contributed by atoms with van der Waals surface area (Å²) in [6, 6.07) is 11.0. The van der Waals surface area contributed by atoms with Crippen molar-refractivity contribution in [3.05, 3.63) is 64.2 Å². The Morgan fingerprint density at radius 3 is 2.80 bits per heavy atom. The molecule has 2 aromatic heterocycles. The number of pyridine rings is 1. The number of hydrogen-bond acceptors (Lipinski definition) is 6. The topological polar surface area (TPSA) is 64.1 Å². The van der Waals surface area contributed by atoms with Gasteiger partial charge in [-0.05, 0) is 25.1 Å². The highest BCUT2D eigenvalue weighted by atomic mass is 32.2. The van der Waals surface area contributed by atoms with E-state index in [4.69, 9.17) is 4.74 Å². The van der Waals surface area contributed by atoms with Crippen molar-refractivity contribution in [3.8, 4) is 5.88 Å². The summed E-state index contributed by atoms with van der Waals surface area (Å²) < 4.78 is 5.02. The first-order valence-electron chi connectivity index (χ1n) is 7.60. The summed E-state index contributed by atoms with van der Waals surface area (Å²) in [6.45, 7) is 1.99. The Hall–Kier alpha value is -2.38. The van der Waals surface area contributed by atoms with E-state index in [0.29, 0.717) is 17.1 Å². The molecule has 3 aromatic rings. The smallest absolute Gasteiger partial charge is 0.256 e. The third-order valence-corrected chi connectivity index (χ3v) is 5.31. The van der Waals surface area contributed by atoms with Gasteiger partial charge in [0.2, 0.25) is 5.88 Å². The monoisotopic (exact) mass is 371 g/mol. The van der Waals surface area contributed by atoms with Crippen molar-refractivity contribution in [2.45, 2.75) is 17.6 Å². The lowest BCUT2D eigenvalue weighted by molar-refractivity contribution is 0.102. The number of nitrogens with one attached hydrogen (secondary N) is 1. The lowest BCUT2D eigenvalue weighted by atomic mass is 10.2. The largest absolute Gasteiger partial charge is 0.481 e. The minimum atomic E-state index is -0.162. The Kier molecular flexibility index (Phi) is 5.67. The number of hydrogen-bond donors (Lipinski definition) is 1. The molecule has 7 heteroatoms. The van der Waals surface area contributed by atoms with Crippen LogP contribution >= 0.6 is 23.1 Å². The molecule has 3 rings (SSSR count). The maximum absolute atomic E-state index is 12.6. The van der Waals surface area contributed by atoms with Crippen LogP contribution in [0.1, 0.15) is 21.1 Å². The molecular weight excluding hydrogens is 354 g/mol. The van der Waals surface area contributed by atoms with Crippen LogP contribution < -0.4 is 10.1 Å². The molecule has 0 fully saturated rings. The Balaban J connectivity index is 1.71. The molecule has 25 heavy (non-hydrogen) atoms. The fourth-order valence-corrected chi connectivity index (χ4v) is 3.84. The summed E-state index contributed by atoms with van der Waals surface area (Å²) in [6.07, 6.45) is 1.57. The Bertz CT molecular complexity index is 863. The van der Waals surface area contributed by atoms with Crippen molar-refractivity contribution in [1.29, 1.82) is 0 Å². The zero-order valence-electron chi connectivity index (χ0n) is 13.9. The quantitative estimate of drug-likeness (QED) is 0.651. The number of methoxy groups -OCH3 is 1. The van der Waals surface area contributed by atoms with E-state index in [2.05, 4.69) is 15.3 Å². The highest BCUT2D eigenvalue weighted by Gasteiger charge is 2.12. The van der Waals surface area contributed by atoms with Gasteiger partial charge in [-0.3, -0.25) is 4.79 Å². The van der Waals surface area contributed by atoms with Crippen molar-refractivity contribution in [1.82, 2.24) is 9.97 Å². The number of nitrogens with zero attached hydrogens (tertiary/aromatic N) is 2. The molecule has 0 radical (unpaired) electrons. The van der Waals surface area contributed by atoms with Gasteiger partial charge in [0.15, 0.2) is 0 Å². The highest BCUT2D eigenvalue weighted by molar-refractivity contribution is 7.98. The number of ether oxygens (including phenoxy) is 1. The van der Waals surface area contributed by atoms with Gasteiger partial charge in [-0.15, -0.1) is 23.1 Å². The molecule has 0 atom stereocenters. The van der Waals surface area contributed by atoms with Gasteiger partial charge >= 0.3 is 0 Å². The van der Waals surface area contributed by atoms with E-state index >= 15 is 0 Å². The highest BCUT2D eigenvalue weighted by Crippen LogP contribution is 2.27. The van der Waals surface area contributed by atoms with E-state index < -0.39 is 0 Å². The predicted molar refractivity (Wildman–Crippen MR) is 102 cm³/mol. The number of anilines is 1. The van der Waals surface area contributed by atoms with Crippen LogP contribution in [0.5, 0.6) is 5.88 Å². The molecule has 1 amide bonds. The zero-order chi connectivity index (χ0) is 17.6. The van der Waals surface area contributed by atoms with Crippen molar-refractivity contribution in [2.75, 3.05) is 12.4 Å². The number of carbonyl (C=O) groups is 1. The number of thiazole rings is 1. The van der Waals surface area contributed by atoms with Gasteiger partial charge in [-0.2, -0.15) is 0 Å². The maximum Gasteiger partial charge on any atom is 0.256 e. The number of carbonyl (C=O) groups excluding carboxylic acids is 1. The summed E-state index contributed by atoms with van der Waals surface area (Å²) in [5.41, 5.74) is 2.29. The van der Waals surface area contributed by atoms with Gasteiger partial charge in [0, 0.05) is 22.1 Å². The Morgan fingerprint density at radius 2 is 2.12 bits per heavy atom. The molecule has 0 aliphatic rings. The summed E-state index contributed by atoms with van der Waals surface area (Å²) in [4.78, 5) is 22.1. The molecule has 5 nitrogen and oxygen atoms in total. The number of aryl methyl sites for hydroxylation is 1. The summed E-state index contributed by atoms with van der Waals surface area (Å²) in [7, 11) is 1.55. The Morgan fingerprint density at radius 1 is 1.28 bits per heavy atom. The first-order valence-corrected chi connectivity index (χ1v) is 9.46. The van der Waals surface area contributed by atoms with E-state index in [9.17, 15) is 4.79 Å². The van der Waals surface area contributed by atoms with Gasteiger partial charge < -0.3 is 10.1 Å². The SMILES string of the molecule is COc1ccc(NC(=O)c2ccccc2SCc2csc(C)n2)cn1. The average Bonchev–Trinajstić information content (AvgIpc) is 3.06. The first kappa shape index (κ1) is 17.4. The zero-order valence-corrected chi connectivity index (χ0v) is 15.5. The first-order chi connectivity index (χ1) is 12.2. The van der Waals surface area contributed by atoms with Crippen LogP contribution in [0, 0.1) is 6.92 Å². The van der Waals surface area contributed by atoms with Crippen molar-refractivity contribution in [3.63, 3.8) is 0 Å². The van der Waals surface area contributed by atoms with E-state index in [1.807, 2.05) is 36.6 Å². The summed E-state index contributed by atoms with van der Waals surface area (Å²) in [5, 5.41) is 5.97. The maximum atomic E-state index is 12.6. The number of benzene rings is 1. The molecule has 0 aliphatic carbocycles. The summed E-state index contributed by atoms with van der Waals surface area (Å²) >= 11 is 3.24. The lowest BCUT2D eigenvalue weighted by Crippen LogP contribution is -2.13. The minimum Gasteiger partial charge on any atom is -0.481 e. The second-order valence-electron chi connectivity index (χ2n) is 5.19. The van der Waals surface area contributed by atoms with Crippen molar-refractivity contribution < 1.29 is 9.53 Å². The number of amides is 1. The second-order valence-corrected chi connectivity index (χ2v) is 7.27. The fraction of sp³-hybridized carbons (Fsp3) is 0.167. The van der Waals surface area contributed by atoms with E-state index in [1.54, 1.807) is 48.5 Å². The minimum absolute atomic E-state index is 0.162. The second kappa shape index (κ2) is 8.13. The standard InChI is InChI=1S/C18H17N3O2S2/c1-12-20-14(10-24-12)11-25-16-6-4-3-5-15(16)18(22)21-13-7-8-17(23-2)19-9-13/h3-10H,11H2,1-2H3,(H,21,22).